The second kappa shape index (κ2) is 9.77. The van der Waals surface area contributed by atoms with E-state index in [1.807, 2.05) is 24.3 Å². The number of anilines is 3. The lowest BCUT2D eigenvalue weighted by atomic mass is 10.2. The van der Waals surface area contributed by atoms with Crippen LogP contribution >= 0.6 is 27.5 Å². The van der Waals surface area contributed by atoms with Gasteiger partial charge in [-0.25, -0.2) is 0 Å². The highest BCUT2D eigenvalue weighted by Crippen LogP contribution is 2.26. The van der Waals surface area contributed by atoms with Crippen molar-refractivity contribution in [3.8, 4) is 0 Å². The third kappa shape index (κ3) is 4.83. The molecule has 3 aromatic rings. The van der Waals surface area contributed by atoms with E-state index in [0.717, 1.165) is 18.8 Å². The van der Waals surface area contributed by atoms with E-state index in [4.69, 9.17) is 11.6 Å². The Morgan fingerprint density at radius 2 is 1.70 bits per heavy atom. The van der Waals surface area contributed by atoms with Gasteiger partial charge in [0, 0.05) is 24.5 Å². The van der Waals surface area contributed by atoms with Gasteiger partial charge in [-0.3, -0.25) is 14.7 Å². The van der Waals surface area contributed by atoms with Crippen LogP contribution in [-0.4, -0.2) is 35.1 Å². The van der Waals surface area contributed by atoms with Crippen molar-refractivity contribution in [3.63, 3.8) is 0 Å². The summed E-state index contributed by atoms with van der Waals surface area (Å²) < 4.78 is 0.347. The van der Waals surface area contributed by atoms with Gasteiger partial charge in [-0.1, -0.05) is 23.7 Å². The molecule has 0 saturated carbocycles. The van der Waals surface area contributed by atoms with Gasteiger partial charge in [0.2, 0.25) is 0 Å². The third-order valence-electron chi connectivity index (χ3n) is 4.53. The predicted octanol–water partition coefficient (Wildman–Crippen LogP) is 5.18. The van der Waals surface area contributed by atoms with Crippen molar-refractivity contribution in [1.29, 1.82) is 0 Å². The van der Waals surface area contributed by atoms with Crippen LogP contribution in [0.1, 0.15) is 34.7 Å². The molecule has 0 fully saturated rings. The van der Waals surface area contributed by atoms with Gasteiger partial charge in [0.1, 0.15) is 5.82 Å². The van der Waals surface area contributed by atoms with Crippen LogP contribution in [0.3, 0.4) is 0 Å². The van der Waals surface area contributed by atoms with Gasteiger partial charge >= 0.3 is 0 Å². The van der Waals surface area contributed by atoms with Crippen LogP contribution in [-0.2, 0) is 0 Å². The molecule has 3 rings (SSSR count). The van der Waals surface area contributed by atoms with E-state index in [1.54, 1.807) is 24.3 Å². The fourth-order valence-electron chi connectivity index (χ4n) is 2.92. The Hall–Kier alpha value is -2.84. The summed E-state index contributed by atoms with van der Waals surface area (Å²) in [4.78, 5) is 27.3. The number of aromatic nitrogens is 2. The van der Waals surface area contributed by atoms with Crippen LogP contribution in [0.5, 0.6) is 0 Å². The largest absolute Gasteiger partial charge is 0.372 e. The number of carbonyl (C=O) groups excluding carboxylic acids is 2. The van der Waals surface area contributed by atoms with E-state index in [1.165, 1.54) is 0 Å². The maximum atomic E-state index is 12.6. The summed E-state index contributed by atoms with van der Waals surface area (Å²) in [5.41, 5.74) is 2.17. The van der Waals surface area contributed by atoms with Crippen LogP contribution in [0.4, 0.5) is 17.2 Å². The maximum absolute atomic E-state index is 12.6. The van der Waals surface area contributed by atoms with Crippen molar-refractivity contribution >= 4 is 56.5 Å². The Balaban J connectivity index is 1.70. The zero-order chi connectivity index (χ0) is 21.7. The smallest absolute Gasteiger partial charge is 0.277 e. The minimum atomic E-state index is -0.413. The molecule has 2 aromatic carbocycles. The molecule has 0 bridgehead atoms. The van der Waals surface area contributed by atoms with Gasteiger partial charge in [-0.15, -0.1) is 0 Å². The number of rotatable bonds is 7. The lowest BCUT2D eigenvalue weighted by Crippen LogP contribution is -2.21. The molecule has 9 heteroatoms. The first-order valence-electron chi connectivity index (χ1n) is 9.40. The number of halogens is 2. The summed E-state index contributed by atoms with van der Waals surface area (Å²) in [5.74, 6) is -0.558. The summed E-state index contributed by atoms with van der Waals surface area (Å²) in [6, 6.07) is 14.3. The topological polar surface area (TPSA) is 90.1 Å². The van der Waals surface area contributed by atoms with Crippen molar-refractivity contribution in [2.24, 2.45) is 0 Å². The first-order valence-corrected chi connectivity index (χ1v) is 10.6. The Morgan fingerprint density at radius 1 is 1.03 bits per heavy atom. The fraction of sp³-hybridized carbons (Fsp3) is 0.190. The molecule has 0 aliphatic carbocycles. The van der Waals surface area contributed by atoms with E-state index < -0.39 is 11.8 Å². The van der Waals surface area contributed by atoms with Gasteiger partial charge in [-0.05, 0) is 66.2 Å². The number of hydrogen-bond donors (Lipinski definition) is 3. The average Bonchev–Trinajstić information content (AvgIpc) is 3.10. The number of carbonyl (C=O) groups is 2. The zero-order valence-electron chi connectivity index (χ0n) is 16.5. The fourth-order valence-corrected chi connectivity index (χ4v) is 3.60. The van der Waals surface area contributed by atoms with Crippen molar-refractivity contribution in [1.82, 2.24) is 10.2 Å². The highest BCUT2D eigenvalue weighted by molar-refractivity contribution is 9.10. The number of nitrogens with zero attached hydrogens (tertiary/aromatic N) is 2. The minimum Gasteiger partial charge on any atom is -0.372 e. The van der Waals surface area contributed by atoms with E-state index >= 15 is 0 Å². The van der Waals surface area contributed by atoms with Gasteiger partial charge < -0.3 is 15.5 Å². The van der Waals surface area contributed by atoms with Crippen molar-refractivity contribution in [3.05, 3.63) is 69.3 Å². The highest BCUT2D eigenvalue weighted by Gasteiger charge is 2.20. The molecule has 1 heterocycles. The van der Waals surface area contributed by atoms with Gasteiger partial charge in [-0.2, -0.15) is 5.10 Å². The molecule has 0 saturated heterocycles. The molecule has 7 nitrogen and oxygen atoms in total. The van der Waals surface area contributed by atoms with Crippen LogP contribution in [0.2, 0.25) is 5.02 Å². The molecule has 2 amide bonds. The number of H-pyrrole nitrogens is 1. The maximum Gasteiger partial charge on any atom is 0.277 e. The van der Waals surface area contributed by atoms with Crippen molar-refractivity contribution in [2.45, 2.75) is 13.8 Å². The number of benzene rings is 2. The third-order valence-corrected chi connectivity index (χ3v) is 5.63. The number of nitrogens with one attached hydrogen (secondary N) is 3. The normalized spacial score (nSPS) is 10.5. The molecule has 0 unspecified atom stereocenters. The molecule has 0 spiro atoms. The van der Waals surface area contributed by atoms with Crippen LogP contribution in [0.15, 0.2) is 53.0 Å². The molecule has 0 radical (unpaired) electrons. The molecule has 0 aliphatic rings. The Labute approximate surface area is 187 Å². The molecular formula is C21H21BrClN5O2. The van der Waals surface area contributed by atoms with Crippen LogP contribution < -0.4 is 15.5 Å². The van der Waals surface area contributed by atoms with Gasteiger partial charge in [0.05, 0.1) is 15.1 Å². The quantitative estimate of drug-likeness (QED) is 0.426. The first kappa shape index (κ1) is 21.9. The summed E-state index contributed by atoms with van der Waals surface area (Å²) in [7, 11) is 0. The Morgan fingerprint density at radius 3 is 2.33 bits per heavy atom. The minimum absolute atomic E-state index is 0.122. The van der Waals surface area contributed by atoms with E-state index in [0.29, 0.717) is 20.7 Å². The zero-order valence-corrected chi connectivity index (χ0v) is 18.8. The summed E-state index contributed by atoms with van der Waals surface area (Å²) in [5, 5.41) is 12.5. The molecule has 156 valence electrons. The molecular weight excluding hydrogens is 470 g/mol. The molecule has 3 N–H and O–H groups in total. The lowest BCUT2D eigenvalue weighted by Gasteiger charge is -2.21. The number of hydrogen-bond acceptors (Lipinski definition) is 4. The van der Waals surface area contributed by atoms with E-state index in [2.05, 4.69) is 55.5 Å². The first-order chi connectivity index (χ1) is 14.4. The SMILES string of the molecule is CCN(CC)c1ccc(NC(=O)c2n[nH]c(NC(=O)c3ccccc3Cl)c2Br)cc1. The molecule has 30 heavy (non-hydrogen) atoms. The standard InChI is InChI=1S/C21H21BrClN5O2/c1-3-28(4-2)14-11-9-13(10-12-14)24-21(30)18-17(22)19(27-26-18)25-20(29)15-7-5-6-8-16(15)23/h5-12H,3-4H2,1-2H3,(H,24,30)(H2,25,26,27,29). The molecule has 1 aromatic heterocycles. The highest BCUT2D eigenvalue weighted by atomic mass is 79.9. The van der Waals surface area contributed by atoms with Gasteiger partial charge in [0.15, 0.2) is 5.69 Å². The molecule has 0 aliphatic heterocycles. The average molecular weight is 491 g/mol. The Kier molecular flexibility index (Phi) is 7.12. The second-order valence-electron chi connectivity index (χ2n) is 6.37. The molecule has 0 atom stereocenters. The summed E-state index contributed by atoms with van der Waals surface area (Å²) in [6.07, 6.45) is 0. The number of aromatic amines is 1. The van der Waals surface area contributed by atoms with E-state index in [-0.39, 0.29) is 11.5 Å². The van der Waals surface area contributed by atoms with Crippen LogP contribution in [0, 0.1) is 0 Å². The van der Waals surface area contributed by atoms with E-state index in [9.17, 15) is 9.59 Å². The lowest BCUT2D eigenvalue weighted by molar-refractivity contribution is 0.101. The summed E-state index contributed by atoms with van der Waals surface area (Å²) in [6.45, 7) is 6.00. The predicted molar refractivity (Wildman–Crippen MR) is 124 cm³/mol. The monoisotopic (exact) mass is 489 g/mol. The Bertz CT molecular complexity index is 1050. The van der Waals surface area contributed by atoms with Crippen molar-refractivity contribution in [2.75, 3.05) is 28.6 Å². The number of amides is 2. The summed E-state index contributed by atoms with van der Waals surface area (Å²) >= 11 is 9.38. The van der Waals surface area contributed by atoms with Gasteiger partial charge in [0.25, 0.3) is 11.8 Å². The van der Waals surface area contributed by atoms with Crippen molar-refractivity contribution < 1.29 is 9.59 Å². The van der Waals surface area contributed by atoms with Crippen LogP contribution in [0.25, 0.3) is 0 Å². The second-order valence-corrected chi connectivity index (χ2v) is 7.57.